The average molecular weight is 420 g/mol. The number of nitrogens with zero attached hydrogens (tertiary/aromatic N) is 3. The quantitative estimate of drug-likeness (QED) is 0.679. The molecule has 0 unspecified atom stereocenters. The minimum Gasteiger partial charge on any atom is -0.495 e. The van der Waals surface area contributed by atoms with Gasteiger partial charge in [0.2, 0.25) is 5.88 Å². The lowest BCUT2D eigenvalue weighted by atomic mass is 10.1. The number of aromatic nitrogens is 2. The van der Waals surface area contributed by atoms with Gasteiger partial charge in [-0.25, -0.2) is 9.59 Å². The van der Waals surface area contributed by atoms with Crippen molar-refractivity contribution in [2.24, 2.45) is 0 Å². The number of imidazole rings is 1. The number of para-hydroxylation sites is 2. The molecular formula is C23H24N4O4. The van der Waals surface area contributed by atoms with Gasteiger partial charge in [-0.15, -0.1) is 0 Å². The third-order valence-electron chi connectivity index (χ3n) is 6.14. The fraction of sp³-hybridized carbons (Fsp3) is 0.304. The Bertz CT molecular complexity index is 1180. The van der Waals surface area contributed by atoms with Crippen molar-refractivity contribution in [2.75, 3.05) is 19.0 Å². The largest absolute Gasteiger partial charge is 0.495 e. The van der Waals surface area contributed by atoms with Crippen molar-refractivity contribution < 1.29 is 14.6 Å². The fourth-order valence-electron chi connectivity index (χ4n) is 4.40. The van der Waals surface area contributed by atoms with Gasteiger partial charge >= 0.3 is 11.7 Å². The summed E-state index contributed by atoms with van der Waals surface area (Å²) in [6.45, 7) is 0.888. The molecule has 1 saturated carbocycles. The maximum atomic E-state index is 13.0. The summed E-state index contributed by atoms with van der Waals surface area (Å²) in [6, 6.07) is 16.9. The van der Waals surface area contributed by atoms with Crippen LogP contribution in [-0.4, -0.2) is 38.8 Å². The number of ether oxygens (including phenoxy) is 1. The van der Waals surface area contributed by atoms with Gasteiger partial charge in [-0.2, -0.15) is 0 Å². The van der Waals surface area contributed by atoms with Gasteiger partial charge in [0.1, 0.15) is 11.4 Å². The molecule has 3 aromatic rings. The summed E-state index contributed by atoms with van der Waals surface area (Å²) in [6.07, 6.45) is 0.818. The molecule has 2 aromatic carbocycles. The molecule has 1 aliphatic heterocycles. The first-order valence-electron chi connectivity index (χ1n) is 10.3. The predicted molar refractivity (Wildman–Crippen MR) is 116 cm³/mol. The molecule has 2 atom stereocenters. The Labute approximate surface area is 179 Å². The van der Waals surface area contributed by atoms with Crippen molar-refractivity contribution in [1.82, 2.24) is 14.0 Å². The van der Waals surface area contributed by atoms with Crippen LogP contribution < -0.4 is 15.7 Å². The first kappa shape index (κ1) is 19.3. The normalized spacial score (nSPS) is 19.6. The molecule has 2 amide bonds. The second-order valence-electron chi connectivity index (χ2n) is 7.95. The molecule has 2 heterocycles. The number of carbonyl (C=O) groups is 1. The van der Waals surface area contributed by atoms with E-state index in [1.165, 1.54) is 10.1 Å². The first-order valence-corrected chi connectivity index (χ1v) is 10.3. The number of rotatable bonds is 4. The number of methoxy groups -OCH3 is 1. The minimum atomic E-state index is -0.302. The van der Waals surface area contributed by atoms with E-state index in [0.717, 1.165) is 6.42 Å². The number of nitrogens with one attached hydrogen (secondary N) is 1. The van der Waals surface area contributed by atoms with Crippen LogP contribution in [0.4, 0.5) is 10.5 Å². The molecule has 31 heavy (non-hydrogen) atoms. The molecule has 8 nitrogen and oxygen atoms in total. The Kier molecular flexibility index (Phi) is 4.69. The fourth-order valence-corrected chi connectivity index (χ4v) is 4.40. The zero-order valence-corrected chi connectivity index (χ0v) is 17.2. The molecule has 2 aliphatic rings. The highest BCUT2D eigenvalue weighted by Gasteiger charge is 2.44. The van der Waals surface area contributed by atoms with Crippen LogP contribution in [0, 0.1) is 0 Å². The van der Waals surface area contributed by atoms with Gasteiger partial charge in [0.25, 0.3) is 0 Å². The molecule has 160 valence electrons. The smallest absolute Gasteiger partial charge is 0.331 e. The van der Waals surface area contributed by atoms with Crippen LogP contribution in [0.1, 0.15) is 29.6 Å². The van der Waals surface area contributed by atoms with E-state index in [0.29, 0.717) is 30.2 Å². The Hall–Kier alpha value is -3.68. The van der Waals surface area contributed by atoms with Gasteiger partial charge in [-0.1, -0.05) is 42.5 Å². The number of anilines is 1. The molecule has 1 aliphatic carbocycles. The molecule has 2 N–H and O–H groups in total. The average Bonchev–Trinajstić information content (AvgIpc) is 3.55. The van der Waals surface area contributed by atoms with Crippen LogP contribution in [0.15, 0.2) is 59.4 Å². The van der Waals surface area contributed by atoms with Crippen LogP contribution in [-0.2, 0) is 13.1 Å². The highest BCUT2D eigenvalue weighted by molar-refractivity contribution is 5.91. The van der Waals surface area contributed by atoms with E-state index < -0.39 is 0 Å². The lowest BCUT2D eigenvalue weighted by Crippen LogP contribution is -2.42. The lowest BCUT2D eigenvalue weighted by Gasteiger charge is -2.28. The first-order chi connectivity index (χ1) is 15.1. The summed E-state index contributed by atoms with van der Waals surface area (Å²) in [5.41, 5.74) is 2.01. The second-order valence-corrected chi connectivity index (χ2v) is 7.95. The zero-order chi connectivity index (χ0) is 21.5. The van der Waals surface area contributed by atoms with Crippen molar-refractivity contribution in [3.63, 3.8) is 0 Å². The number of aromatic hydroxyl groups is 1. The highest BCUT2D eigenvalue weighted by atomic mass is 16.5. The summed E-state index contributed by atoms with van der Waals surface area (Å²) in [7, 11) is 1.55. The van der Waals surface area contributed by atoms with Gasteiger partial charge < -0.3 is 20.1 Å². The second kappa shape index (κ2) is 7.54. The monoisotopic (exact) mass is 420 g/mol. The maximum Gasteiger partial charge on any atom is 0.331 e. The number of amides is 2. The molecule has 1 aromatic heterocycles. The van der Waals surface area contributed by atoms with Crippen molar-refractivity contribution in [3.05, 3.63) is 76.3 Å². The topological polar surface area (TPSA) is 88.7 Å². The van der Waals surface area contributed by atoms with E-state index in [1.807, 2.05) is 42.5 Å². The minimum absolute atomic E-state index is 0.0387. The maximum absolute atomic E-state index is 13.0. The van der Waals surface area contributed by atoms with Crippen molar-refractivity contribution in [1.29, 1.82) is 0 Å². The molecule has 0 bridgehead atoms. The van der Waals surface area contributed by atoms with Gasteiger partial charge in [-0.05, 0) is 24.1 Å². The number of fused-ring (bicyclic) bond motifs is 1. The summed E-state index contributed by atoms with van der Waals surface area (Å²) in [5, 5.41) is 13.7. The van der Waals surface area contributed by atoms with E-state index in [2.05, 4.69) is 5.32 Å². The molecule has 5 rings (SSSR count). The van der Waals surface area contributed by atoms with Gasteiger partial charge in [0, 0.05) is 25.0 Å². The number of urea groups is 1. The molecule has 0 radical (unpaired) electrons. The molecule has 1 fully saturated rings. The Morgan fingerprint density at radius 2 is 1.84 bits per heavy atom. The Balaban J connectivity index is 1.36. The third-order valence-corrected chi connectivity index (χ3v) is 6.14. The Morgan fingerprint density at radius 3 is 2.61 bits per heavy atom. The highest BCUT2D eigenvalue weighted by Crippen LogP contribution is 2.52. The van der Waals surface area contributed by atoms with Gasteiger partial charge in [-0.3, -0.25) is 9.13 Å². The predicted octanol–water partition coefficient (Wildman–Crippen LogP) is 3.14. The summed E-state index contributed by atoms with van der Waals surface area (Å²) in [5.74, 6) is 0.752. The van der Waals surface area contributed by atoms with E-state index >= 15 is 0 Å². The van der Waals surface area contributed by atoms with Crippen LogP contribution in [0.25, 0.3) is 0 Å². The lowest BCUT2D eigenvalue weighted by molar-refractivity contribution is 0.195. The SMILES string of the molecule is COc1ccccc1NC(=O)N1CCn2c(c(O)n([C@H]3C[C@@H]3c3ccccc3)c2=O)C1. The van der Waals surface area contributed by atoms with Gasteiger partial charge in [0.15, 0.2) is 0 Å². The molecule has 0 saturated heterocycles. The van der Waals surface area contributed by atoms with E-state index in [-0.39, 0.29) is 36.1 Å². The summed E-state index contributed by atoms with van der Waals surface area (Å²) >= 11 is 0. The number of hydrogen-bond donors (Lipinski definition) is 2. The standard InChI is InChI=1S/C23H24N4O4/c1-31-20-10-6-5-9-17(20)24-22(29)25-11-12-26-19(14-25)21(28)27(23(26)30)18-13-16(18)15-7-3-2-4-8-15/h2-10,16,18,28H,11-14H2,1H3,(H,24,29)/t16-,18+/m1/s1. The Morgan fingerprint density at radius 1 is 1.10 bits per heavy atom. The van der Waals surface area contributed by atoms with Crippen LogP contribution in [0.3, 0.4) is 0 Å². The van der Waals surface area contributed by atoms with E-state index in [1.54, 1.807) is 28.7 Å². The van der Waals surface area contributed by atoms with Crippen LogP contribution in [0.5, 0.6) is 11.6 Å². The van der Waals surface area contributed by atoms with Crippen molar-refractivity contribution in [3.8, 4) is 11.6 Å². The summed E-state index contributed by atoms with van der Waals surface area (Å²) < 4.78 is 8.37. The number of hydrogen-bond acceptors (Lipinski definition) is 4. The van der Waals surface area contributed by atoms with Crippen molar-refractivity contribution in [2.45, 2.75) is 31.5 Å². The van der Waals surface area contributed by atoms with Crippen LogP contribution >= 0.6 is 0 Å². The molecular weight excluding hydrogens is 396 g/mol. The van der Waals surface area contributed by atoms with Crippen LogP contribution in [0.2, 0.25) is 0 Å². The molecule has 0 spiro atoms. The third kappa shape index (κ3) is 3.34. The number of benzene rings is 2. The van der Waals surface area contributed by atoms with Gasteiger partial charge in [0.05, 0.1) is 19.3 Å². The van der Waals surface area contributed by atoms with E-state index in [4.69, 9.17) is 4.74 Å². The van der Waals surface area contributed by atoms with Crippen molar-refractivity contribution >= 4 is 11.7 Å². The zero-order valence-electron chi connectivity index (χ0n) is 17.2. The molecule has 8 heteroatoms. The number of carbonyl (C=O) groups excluding carboxylic acids is 1. The summed E-state index contributed by atoms with van der Waals surface area (Å²) in [4.78, 5) is 27.4. The van der Waals surface area contributed by atoms with E-state index in [9.17, 15) is 14.7 Å².